The van der Waals surface area contributed by atoms with Crippen LogP contribution in [-0.2, 0) is 14.8 Å². The summed E-state index contributed by atoms with van der Waals surface area (Å²) >= 11 is 0. The molecule has 0 spiro atoms. The van der Waals surface area contributed by atoms with Crippen molar-refractivity contribution < 1.29 is 13.2 Å². The topological polar surface area (TPSA) is 57.7 Å². The van der Waals surface area contributed by atoms with Crippen molar-refractivity contribution in [2.24, 2.45) is 5.92 Å². The van der Waals surface area contributed by atoms with Gasteiger partial charge < -0.3 is 4.90 Å². The molecule has 5 nitrogen and oxygen atoms in total. The van der Waals surface area contributed by atoms with Gasteiger partial charge >= 0.3 is 0 Å². The zero-order chi connectivity index (χ0) is 12.2. The van der Waals surface area contributed by atoms with Gasteiger partial charge in [-0.15, -0.1) is 0 Å². The summed E-state index contributed by atoms with van der Waals surface area (Å²) in [4.78, 5) is 13.3. The zero-order valence-electron chi connectivity index (χ0n) is 10.0. The molecule has 15 heavy (non-hydrogen) atoms. The molecule has 0 rings (SSSR count). The quantitative estimate of drug-likeness (QED) is 0.674. The Morgan fingerprint density at radius 2 is 1.73 bits per heavy atom. The average Bonchev–Trinajstić information content (AvgIpc) is 1.95. The predicted molar refractivity (Wildman–Crippen MR) is 59.9 cm³/mol. The molecule has 0 heterocycles. The Labute approximate surface area is 92.1 Å². The van der Waals surface area contributed by atoms with Crippen LogP contribution in [0.1, 0.15) is 13.8 Å². The van der Waals surface area contributed by atoms with E-state index >= 15 is 0 Å². The van der Waals surface area contributed by atoms with Crippen LogP contribution in [0.3, 0.4) is 0 Å². The van der Waals surface area contributed by atoms with Crippen molar-refractivity contribution in [1.29, 1.82) is 0 Å². The molecule has 0 fully saturated rings. The lowest BCUT2D eigenvalue weighted by molar-refractivity contribution is -0.127. The maximum Gasteiger partial charge on any atom is 0.250 e. The molecule has 0 unspecified atom stereocenters. The van der Waals surface area contributed by atoms with Crippen molar-refractivity contribution in [3.63, 3.8) is 0 Å². The summed E-state index contributed by atoms with van der Waals surface area (Å²) in [5.74, 6) is -0.248. The van der Waals surface area contributed by atoms with E-state index in [1.165, 1.54) is 0 Å². The molecule has 1 amide bonds. The molecule has 0 aliphatic heterocycles. The van der Waals surface area contributed by atoms with E-state index < -0.39 is 10.0 Å². The minimum Gasteiger partial charge on any atom is -0.301 e. The number of carbonyl (C=O) groups is 1. The number of sulfonamides is 1. The molecular formula is C9H20N2O3S. The van der Waals surface area contributed by atoms with Crippen molar-refractivity contribution >= 4 is 15.9 Å². The first-order valence-corrected chi connectivity index (χ1v) is 6.64. The normalized spacial score (nSPS) is 12.2. The van der Waals surface area contributed by atoms with Crippen molar-refractivity contribution in [1.82, 2.24) is 9.21 Å². The third kappa shape index (κ3) is 5.74. The number of hydrogen-bond donors (Lipinski definition) is 0. The molecule has 0 saturated heterocycles. The Hall–Kier alpha value is -0.620. The second-order valence-electron chi connectivity index (χ2n) is 4.32. The van der Waals surface area contributed by atoms with Crippen LogP contribution in [-0.4, -0.2) is 57.0 Å². The summed E-state index contributed by atoms with van der Waals surface area (Å²) in [5, 5.41) is 0. The molecule has 0 aromatic heterocycles. The highest BCUT2D eigenvalue weighted by atomic mass is 32.2. The van der Waals surface area contributed by atoms with E-state index in [2.05, 4.69) is 0 Å². The largest absolute Gasteiger partial charge is 0.301 e. The van der Waals surface area contributed by atoms with Gasteiger partial charge in [-0.05, 0) is 20.0 Å². The van der Waals surface area contributed by atoms with Gasteiger partial charge in [-0.1, -0.05) is 13.8 Å². The first kappa shape index (κ1) is 14.4. The molecule has 0 bridgehead atoms. The second kappa shape index (κ2) is 5.46. The van der Waals surface area contributed by atoms with Crippen LogP contribution in [0.5, 0.6) is 0 Å². The van der Waals surface area contributed by atoms with Gasteiger partial charge in [0.1, 0.15) is 0 Å². The molecule has 0 saturated carbocycles. The molecule has 0 N–H and O–H groups in total. The molecule has 0 aromatic rings. The third-order valence-electron chi connectivity index (χ3n) is 1.66. The van der Waals surface area contributed by atoms with Crippen molar-refractivity contribution in [2.45, 2.75) is 13.8 Å². The van der Waals surface area contributed by atoms with Crippen molar-refractivity contribution in [3.8, 4) is 0 Å². The molecule has 0 aliphatic carbocycles. The van der Waals surface area contributed by atoms with Gasteiger partial charge in [0.2, 0.25) is 15.9 Å². The lowest BCUT2D eigenvalue weighted by atomic mass is 10.2. The highest BCUT2D eigenvalue weighted by Gasteiger charge is 2.23. The fraction of sp³-hybridized carbons (Fsp3) is 0.889. The van der Waals surface area contributed by atoms with Crippen LogP contribution >= 0.6 is 0 Å². The Kier molecular flexibility index (Phi) is 5.23. The van der Waals surface area contributed by atoms with E-state index in [1.54, 1.807) is 19.0 Å². The molecule has 0 aliphatic rings. The SMILES string of the molecule is CC(C)CN(C(=O)CN(C)C)S(C)(=O)=O. The summed E-state index contributed by atoms with van der Waals surface area (Å²) in [6.07, 6.45) is 1.06. The predicted octanol–water partition coefficient (Wildman–Crippen LogP) is -0.00780. The van der Waals surface area contributed by atoms with Gasteiger partial charge in [-0.2, -0.15) is 0 Å². The van der Waals surface area contributed by atoms with E-state index in [0.717, 1.165) is 10.6 Å². The summed E-state index contributed by atoms with van der Waals surface area (Å²) < 4.78 is 23.7. The van der Waals surface area contributed by atoms with Gasteiger partial charge in [-0.3, -0.25) is 4.79 Å². The molecule has 90 valence electrons. The fourth-order valence-electron chi connectivity index (χ4n) is 1.10. The number of rotatable bonds is 5. The van der Waals surface area contributed by atoms with Crippen molar-refractivity contribution in [3.05, 3.63) is 0 Å². The van der Waals surface area contributed by atoms with Gasteiger partial charge in [0, 0.05) is 6.54 Å². The number of carbonyl (C=O) groups excluding carboxylic acids is 1. The average molecular weight is 236 g/mol. The van der Waals surface area contributed by atoms with Crippen LogP contribution in [0.2, 0.25) is 0 Å². The minimum absolute atomic E-state index is 0.111. The molecule has 0 aromatic carbocycles. The molecule has 0 radical (unpaired) electrons. The molecule has 6 heteroatoms. The summed E-state index contributed by atoms with van der Waals surface area (Å²) in [6, 6.07) is 0. The number of hydrogen-bond acceptors (Lipinski definition) is 4. The Bertz CT molecular complexity index is 309. The number of likely N-dealkylation sites (N-methyl/N-ethyl adjacent to an activating group) is 1. The maximum absolute atomic E-state index is 11.6. The van der Waals surface area contributed by atoms with E-state index in [4.69, 9.17) is 0 Å². The first-order valence-electron chi connectivity index (χ1n) is 4.80. The van der Waals surface area contributed by atoms with E-state index in [0.29, 0.717) is 0 Å². The van der Waals surface area contributed by atoms with Crippen LogP contribution < -0.4 is 0 Å². The number of amides is 1. The number of nitrogens with zero attached hydrogens (tertiary/aromatic N) is 2. The Morgan fingerprint density at radius 1 is 1.27 bits per heavy atom. The highest BCUT2D eigenvalue weighted by Crippen LogP contribution is 2.05. The summed E-state index contributed by atoms with van der Waals surface area (Å²) in [7, 11) is 0.0121. The zero-order valence-corrected chi connectivity index (χ0v) is 10.8. The highest BCUT2D eigenvalue weighted by molar-refractivity contribution is 7.88. The van der Waals surface area contributed by atoms with Crippen LogP contribution in [0, 0.1) is 5.92 Å². The Morgan fingerprint density at radius 3 is 2.00 bits per heavy atom. The van der Waals surface area contributed by atoms with E-state index in [1.807, 2.05) is 13.8 Å². The standard InChI is InChI=1S/C9H20N2O3S/c1-8(2)6-11(15(5,13)14)9(12)7-10(3)4/h8H,6-7H2,1-5H3. The molecule has 0 atom stereocenters. The van der Waals surface area contributed by atoms with E-state index in [-0.39, 0.29) is 24.9 Å². The second-order valence-corrected chi connectivity index (χ2v) is 6.23. The maximum atomic E-state index is 11.6. The third-order valence-corrected chi connectivity index (χ3v) is 2.81. The van der Waals surface area contributed by atoms with Crippen molar-refractivity contribution in [2.75, 3.05) is 33.4 Å². The monoisotopic (exact) mass is 236 g/mol. The summed E-state index contributed by atoms with van der Waals surface area (Å²) in [5.41, 5.74) is 0. The fourth-order valence-corrected chi connectivity index (χ4v) is 2.10. The van der Waals surface area contributed by atoms with Crippen LogP contribution in [0.15, 0.2) is 0 Å². The Balaban J connectivity index is 4.72. The molecular weight excluding hydrogens is 216 g/mol. The van der Waals surface area contributed by atoms with Gasteiger partial charge in [0.05, 0.1) is 12.8 Å². The summed E-state index contributed by atoms with van der Waals surface area (Å²) in [6.45, 7) is 4.10. The van der Waals surface area contributed by atoms with E-state index in [9.17, 15) is 13.2 Å². The van der Waals surface area contributed by atoms with Gasteiger partial charge in [-0.25, -0.2) is 12.7 Å². The van der Waals surface area contributed by atoms with Gasteiger partial charge in [0.15, 0.2) is 0 Å². The smallest absolute Gasteiger partial charge is 0.250 e. The minimum atomic E-state index is -3.45. The van der Waals surface area contributed by atoms with Crippen LogP contribution in [0.4, 0.5) is 0 Å². The first-order chi connectivity index (χ1) is 6.64. The van der Waals surface area contributed by atoms with Crippen LogP contribution in [0.25, 0.3) is 0 Å². The lowest BCUT2D eigenvalue weighted by Crippen LogP contribution is -2.43. The van der Waals surface area contributed by atoms with Gasteiger partial charge in [0.25, 0.3) is 0 Å². The lowest BCUT2D eigenvalue weighted by Gasteiger charge is -2.23.